The molecule has 0 saturated carbocycles. The number of carbonyl (C=O) groups is 3. The normalized spacial score (nSPS) is 19.7. The van der Waals surface area contributed by atoms with Crippen LogP contribution in [0.25, 0.3) is 0 Å². The molecule has 1 aromatic heterocycles. The van der Waals surface area contributed by atoms with Crippen molar-refractivity contribution >= 4 is 35.5 Å². The molecule has 4 atom stereocenters. The topological polar surface area (TPSA) is 140 Å². The monoisotopic (exact) mass is 571 g/mol. The number of rotatable bonds is 8. The maximum Gasteiger partial charge on any atom is 0.350 e. The van der Waals surface area contributed by atoms with E-state index in [-0.39, 0.29) is 23.6 Å². The molecule has 0 unspecified atom stereocenters. The number of nitrogen functional groups attached to an aromatic ring is 1. The Labute approximate surface area is 239 Å². The van der Waals surface area contributed by atoms with Crippen LogP contribution in [0.5, 0.6) is 0 Å². The second-order valence-electron chi connectivity index (χ2n) is 9.04. The summed E-state index contributed by atoms with van der Waals surface area (Å²) in [6, 6.07) is 26.5. The number of benzene rings is 3. The van der Waals surface area contributed by atoms with Crippen molar-refractivity contribution in [2.75, 3.05) is 12.3 Å². The predicted molar refractivity (Wildman–Crippen MR) is 151 cm³/mol. The molecule has 0 radical (unpaired) electrons. The van der Waals surface area contributed by atoms with Crippen LogP contribution in [-0.2, 0) is 14.2 Å². The first-order chi connectivity index (χ1) is 19.9. The van der Waals surface area contributed by atoms with Crippen LogP contribution in [0.4, 0.5) is 5.82 Å². The number of hydrogen-bond donors (Lipinski definition) is 1. The van der Waals surface area contributed by atoms with Crippen LogP contribution >= 0.6 is 11.8 Å². The van der Waals surface area contributed by atoms with Crippen molar-refractivity contribution in [2.24, 2.45) is 0 Å². The van der Waals surface area contributed by atoms with Gasteiger partial charge in [0, 0.05) is 6.20 Å². The minimum atomic E-state index is -1.15. The van der Waals surface area contributed by atoms with Crippen LogP contribution in [0.1, 0.15) is 36.4 Å². The van der Waals surface area contributed by atoms with Crippen LogP contribution < -0.4 is 11.4 Å². The Balaban J connectivity index is 1.49. The third-order valence-electron chi connectivity index (χ3n) is 6.30. The molecule has 4 aromatic rings. The van der Waals surface area contributed by atoms with E-state index in [2.05, 4.69) is 4.98 Å². The van der Waals surface area contributed by atoms with Gasteiger partial charge in [0.15, 0.2) is 12.2 Å². The van der Waals surface area contributed by atoms with Gasteiger partial charge in [-0.2, -0.15) is 4.98 Å². The van der Waals surface area contributed by atoms with E-state index >= 15 is 0 Å². The van der Waals surface area contributed by atoms with Crippen LogP contribution in [0.15, 0.2) is 108 Å². The molecule has 3 aromatic carbocycles. The second-order valence-corrected chi connectivity index (χ2v) is 10.4. The number of ether oxygens (including phenoxy) is 3. The van der Waals surface area contributed by atoms with E-state index in [4.69, 9.17) is 19.9 Å². The Kier molecular flexibility index (Phi) is 8.44. The van der Waals surface area contributed by atoms with Gasteiger partial charge in [0.25, 0.3) is 0 Å². The lowest BCUT2D eigenvalue weighted by Crippen LogP contribution is -2.42. The first kappa shape index (κ1) is 27.7. The lowest BCUT2D eigenvalue weighted by molar-refractivity contribution is -0.0412. The summed E-state index contributed by atoms with van der Waals surface area (Å²) in [4.78, 5) is 55.8. The van der Waals surface area contributed by atoms with E-state index in [1.807, 2.05) is 0 Å². The quantitative estimate of drug-likeness (QED) is 0.246. The highest BCUT2D eigenvalue weighted by Gasteiger charge is 2.51. The molecule has 0 amide bonds. The molecule has 2 N–H and O–H groups in total. The number of esters is 3. The maximum absolute atomic E-state index is 13.2. The number of nitrogens with two attached hydrogens (primary N) is 1. The SMILES string of the molecule is Nc1ccn([C@@H]2S[C@H](COC(=O)c3ccccc3)[C@@H](OC(=O)c3ccccc3)[C@H]2OC(=O)c2ccccc2)c(=O)n1. The maximum atomic E-state index is 13.2. The number of anilines is 1. The van der Waals surface area contributed by atoms with Gasteiger partial charge in [0.05, 0.1) is 21.9 Å². The molecular weight excluding hydrogens is 546 g/mol. The molecule has 0 aliphatic carbocycles. The highest BCUT2D eigenvalue weighted by molar-refractivity contribution is 8.00. The summed E-state index contributed by atoms with van der Waals surface area (Å²) < 4.78 is 18.7. The fourth-order valence-electron chi connectivity index (χ4n) is 4.30. The highest BCUT2D eigenvalue weighted by atomic mass is 32.2. The molecule has 0 bridgehead atoms. The largest absolute Gasteiger partial charge is 0.461 e. The molecule has 0 spiro atoms. The van der Waals surface area contributed by atoms with E-state index < -0.39 is 46.4 Å². The van der Waals surface area contributed by atoms with Gasteiger partial charge in [-0.3, -0.25) is 4.57 Å². The smallest absolute Gasteiger partial charge is 0.350 e. The fourth-order valence-corrected chi connectivity index (χ4v) is 5.83. The molecule has 1 aliphatic rings. The molecule has 1 saturated heterocycles. The van der Waals surface area contributed by atoms with Crippen molar-refractivity contribution in [3.8, 4) is 0 Å². The summed E-state index contributed by atoms with van der Waals surface area (Å²) in [6.07, 6.45) is -0.817. The van der Waals surface area contributed by atoms with Crippen molar-refractivity contribution in [3.05, 3.63) is 130 Å². The molecule has 41 heavy (non-hydrogen) atoms. The zero-order valence-corrected chi connectivity index (χ0v) is 22.4. The molecule has 10 nitrogen and oxygen atoms in total. The minimum absolute atomic E-state index is 0.0208. The molecule has 2 heterocycles. The lowest BCUT2D eigenvalue weighted by Gasteiger charge is -2.26. The van der Waals surface area contributed by atoms with E-state index in [0.29, 0.717) is 5.56 Å². The van der Waals surface area contributed by atoms with Crippen molar-refractivity contribution in [1.82, 2.24) is 9.55 Å². The fraction of sp³-hybridized carbons (Fsp3) is 0.167. The summed E-state index contributed by atoms with van der Waals surface area (Å²) in [6.45, 7) is -0.196. The van der Waals surface area contributed by atoms with Crippen molar-refractivity contribution in [3.63, 3.8) is 0 Å². The molecule has 11 heteroatoms. The first-order valence-electron chi connectivity index (χ1n) is 12.6. The van der Waals surface area contributed by atoms with Crippen molar-refractivity contribution in [1.29, 1.82) is 0 Å². The Hall–Kier alpha value is -4.90. The van der Waals surface area contributed by atoms with Gasteiger partial charge in [-0.25, -0.2) is 19.2 Å². The van der Waals surface area contributed by atoms with Gasteiger partial charge in [-0.15, -0.1) is 11.8 Å². The second kappa shape index (κ2) is 12.5. The van der Waals surface area contributed by atoms with Crippen LogP contribution in [0.3, 0.4) is 0 Å². The zero-order chi connectivity index (χ0) is 28.8. The van der Waals surface area contributed by atoms with Crippen LogP contribution in [0, 0.1) is 0 Å². The Morgan fingerprint density at radius 1 is 0.732 bits per heavy atom. The molecule has 5 rings (SSSR count). The third kappa shape index (κ3) is 6.47. The van der Waals surface area contributed by atoms with Gasteiger partial charge in [0.2, 0.25) is 0 Å². The van der Waals surface area contributed by atoms with Gasteiger partial charge < -0.3 is 19.9 Å². The van der Waals surface area contributed by atoms with Gasteiger partial charge in [-0.1, -0.05) is 54.6 Å². The number of hydrogen-bond acceptors (Lipinski definition) is 10. The Bertz CT molecular complexity index is 1580. The number of carbonyl (C=O) groups excluding carboxylic acids is 3. The number of thioether (sulfide) groups is 1. The van der Waals surface area contributed by atoms with Gasteiger partial charge >= 0.3 is 23.6 Å². The standard InChI is InChI=1S/C30H25N3O7S/c31-23-16-17-33(30(37)32-23)26-25(40-29(36)21-14-8-3-9-15-21)24(39-28(35)20-12-6-2-7-13-20)22(41-26)18-38-27(34)19-10-4-1-5-11-19/h1-17,22,24-26H,18H2,(H2,31,32,37)/t22-,24-,25-,26-/m1/s1. The summed E-state index contributed by atoms with van der Waals surface area (Å²) in [5.74, 6) is -1.90. The van der Waals surface area contributed by atoms with Crippen LogP contribution in [-0.4, -0.2) is 51.5 Å². The first-order valence-corrected chi connectivity index (χ1v) is 13.6. The van der Waals surface area contributed by atoms with E-state index in [0.717, 1.165) is 11.8 Å². The summed E-state index contributed by atoms with van der Waals surface area (Å²) >= 11 is 1.16. The van der Waals surface area contributed by atoms with Crippen LogP contribution in [0.2, 0.25) is 0 Å². The predicted octanol–water partition coefficient (Wildman–Crippen LogP) is 3.75. The zero-order valence-electron chi connectivity index (χ0n) is 21.6. The number of aromatic nitrogens is 2. The number of nitrogens with zero attached hydrogens (tertiary/aromatic N) is 2. The average Bonchev–Trinajstić information content (AvgIpc) is 3.33. The minimum Gasteiger partial charge on any atom is -0.461 e. The molecule has 1 aliphatic heterocycles. The summed E-state index contributed by atoms with van der Waals surface area (Å²) in [5, 5.41) is -1.59. The lowest BCUT2D eigenvalue weighted by atomic mass is 10.1. The third-order valence-corrected chi connectivity index (χ3v) is 7.83. The van der Waals surface area contributed by atoms with E-state index in [9.17, 15) is 19.2 Å². The van der Waals surface area contributed by atoms with Crippen molar-refractivity contribution < 1.29 is 28.6 Å². The van der Waals surface area contributed by atoms with Crippen molar-refractivity contribution in [2.45, 2.75) is 22.8 Å². The molecule has 1 fully saturated rings. The Morgan fingerprint density at radius 2 is 1.22 bits per heavy atom. The molecular formula is C30H25N3O7S. The summed E-state index contributed by atoms with van der Waals surface area (Å²) in [5.41, 5.74) is 5.90. The van der Waals surface area contributed by atoms with E-state index in [1.165, 1.54) is 16.8 Å². The van der Waals surface area contributed by atoms with E-state index in [1.54, 1.807) is 91.0 Å². The summed E-state index contributed by atoms with van der Waals surface area (Å²) in [7, 11) is 0. The van der Waals surface area contributed by atoms with Gasteiger partial charge in [-0.05, 0) is 42.5 Å². The molecule has 208 valence electrons. The average molecular weight is 572 g/mol. The van der Waals surface area contributed by atoms with Gasteiger partial charge in [0.1, 0.15) is 17.8 Å². The Morgan fingerprint density at radius 3 is 1.73 bits per heavy atom. The highest BCUT2D eigenvalue weighted by Crippen LogP contribution is 2.45.